The zero-order valence-electron chi connectivity index (χ0n) is 8.06. The van der Waals surface area contributed by atoms with E-state index in [0.717, 1.165) is 32.2 Å². The number of nitrogens with one attached hydrogen (secondary N) is 1. The highest BCUT2D eigenvalue weighted by atomic mass is 16.5. The minimum Gasteiger partial charge on any atom is -0.450 e. The normalized spacial score (nSPS) is 9.50. The molecule has 0 atom stereocenters. The Bertz CT molecular complexity index is 103. The lowest BCUT2D eigenvalue weighted by Gasteiger charge is -2.04. The highest BCUT2D eigenvalue weighted by Crippen LogP contribution is 1.89. The molecule has 0 aromatic heterocycles. The van der Waals surface area contributed by atoms with Crippen LogP contribution in [0.3, 0.4) is 0 Å². The van der Waals surface area contributed by atoms with Gasteiger partial charge in [0.05, 0.1) is 6.61 Å². The van der Waals surface area contributed by atoms with E-state index in [-0.39, 0.29) is 6.09 Å². The second-order valence-corrected chi connectivity index (χ2v) is 2.77. The summed E-state index contributed by atoms with van der Waals surface area (Å²) in [7, 11) is 0. The third-order valence-corrected chi connectivity index (χ3v) is 1.53. The van der Waals surface area contributed by atoms with E-state index in [2.05, 4.69) is 19.2 Å². The molecule has 1 N–H and O–H groups in total. The molecule has 0 aromatic rings. The van der Waals surface area contributed by atoms with Gasteiger partial charge in [0.15, 0.2) is 0 Å². The van der Waals surface area contributed by atoms with E-state index in [1.807, 2.05) is 0 Å². The number of rotatable bonds is 6. The number of amides is 1. The Labute approximate surface area is 74.5 Å². The van der Waals surface area contributed by atoms with Crippen LogP contribution in [0.4, 0.5) is 4.79 Å². The molecule has 3 heteroatoms. The summed E-state index contributed by atoms with van der Waals surface area (Å²) in [6.07, 6.45) is 3.83. The molecule has 0 bridgehead atoms. The highest BCUT2D eigenvalue weighted by molar-refractivity contribution is 5.66. The van der Waals surface area contributed by atoms with Gasteiger partial charge in [0.25, 0.3) is 0 Å². The van der Waals surface area contributed by atoms with E-state index in [1.165, 1.54) is 0 Å². The lowest BCUT2D eigenvalue weighted by Crippen LogP contribution is -2.25. The van der Waals surface area contributed by atoms with Crippen LogP contribution >= 0.6 is 0 Å². The standard InChI is InChI=1S/C9H19NO2/c1-3-5-7-10-9(11)12-8-6-4-2/h3-8H2,1-2H3,(H,10,11). The van der Waals surface area contributed by atoms with E-state index >= 15 is 0 Å². The Kier molecular flexibility index (Phi) is 7.86. The zero-order valence-corrected chi connectivity index (χ0v) is 8.06. The number of carbonyl (C=O) groups excluding carboxylic acids is 1. The van der Waals surface area contributed by atoms with Crippen LogP contribution in [-0.4, -0.2) is 19.2 Å². The number of hydrogen-bond donors (Lipinski definition) is 1. The van der Waals surface area contributed by atoms with Crippen LogP contribution in [0.1, 0.15) is 39.5 Å². The Morgan fingerprint density at radius 1 is 1.25 bits per heavy atom. The number of ether oxygens (including phenoxy) is 1. The molecule has 0 radical (unpaired) electrons. The van der Waals surface area contributed by atoms with Crippen LogP contribution in [0.15, 0.2) is 0 Å². The highest BCUT2D eigenvalue weighted by Gasteiger charge is 1.98. The van der Waals surface area contributed by atoms with E-state index < -0.39 is 0 Å². The van der Waals surface area contributed by atoms with Crippen molar-refractivity contribution in [2.24, 2.45) is 0 Å². The fourth-order valence-electron chi connectivity index (χ4n) is 0.727. The number of hydrogen-bond acceptors (Lipinski definition) is 2. The van der Waals surface area contributed by atoms with Gasteiger partial charge >= 0.3 is 6.09 Å². The summed E-state index contributed by atoms with van der Waals surface area (Å²) in [5.41, 5.74) is 0. The fourth-order valence-corrected chi connectivity index (χ4v) is 0.727. The predicted octanol–water partition coefficient (Wildman–Crippen LogP) is 2.31. The molecule has 0 saturated heterocycles. The first-order chi connectivity index (χ1) is 5.81. The smallest absolute Gasteiger partial charge is 0.407 e. The van der Waals surface area contributed by atoms with Gasteiger partial charge in [-0.3, -0.25) is 0 Å². The predicted molar refractivity (Wildman–Crippen MR) is 49.2 cm³/mol. The Hall–Kier alpha value is -0.730. The second-order valence-electron chi connectivity index (χ2n) is 2.77. The van der Waals surface area contributed by atoms with Crippen molar-refractivity contribution >= 4 is 6.09 Å². The van der Waals surface area contributed by atoms with Crippen molar-refractivity contribution in [2.75, 3.05) is 13.2 Å². The number of carbonyl (C=O) groups is 1. The lowest BCUT2D eigenvalue weighted by molar-refractivity contribution is 0.144. The van der Waals surface area contributed by atoms with E-state index in [1.54, 1.807) is 0 Å². The Morgan fingerprint density at radius 2 is 1.92 bits per heavy atom. The van der Waals surface area contributed by atoms with Crippen LogP contribution in [-0.2, 0) is 4.74 Å². The molecule has 0 fully saturated rings. The van der Waals surface area contributed by atoms with Crippen LogP contribution in [0.2, 0.25) is 0 Å². The average molecular weight is 173 g/mol. The molecule has 72 valence electrons. The Balaban J connectivity index is 3.10. The fraction of sp³-hybridized carbons (Fsp3) is 0.889. The molecule has 1 amide bonds. The third kappa shape index (κ3) is 7.38. The van der Waals surface area contributed by atoms with Gasteiger partial charge in [-0.2, -0.15) is 0 Å². The first-order valence-corrected chi connectivity index (χ1v) is 4.71. The van der Waals surface area contributed by atoms with Gasteiger partial charge in [0.2, 0.25) is 0 Å². The summed E-state index contributed by atoms with van der Waals surface area (Å²) in [5, 5.41) is 2.68. The van der Waals surface area contributed by atoms with Crippen molar-refractivity contribution < 1.29 is 9.53 Å². The molecule has 0 heterocycles. The third-order valence-electron chi connectivity index (χ3n) is 1.53. The molecule has 0 unspecified atom stereocenters. The first kappa shape index (κ1) is 11.3. The van der Waals surface area contributed by atoms with Crippen molar-refractivity contribution in [1.82, 2.24) is 5.32 Å². The minimum absolute atomic E-state index is 0.281. The van der Waals surface area contributed by atoms with Gasteiger partial charge in [-0.25, -0.2) is 4.79 Å². The Morgan fingerprint density at radius 3 is 2.50 bits per heavy atom. The van der Waals surface area contributed by atoms with Crippen molar-refractivity contribution in [1.29, 1.82) is 0 Å². The summed E-state index contributed by atoms with van der Waals surface area (Å²) < 4.78 is 4.88. The molecule has 0 aliphatic carbocycles. The van der Waals surface area contributed by atoms with Crippen molar-refractivity contribution in [3.63, 3.8) is 0 Å². The van der Waals surface area contributed by atoms with Gasteiger partial charge in [-0.15, -0.1) is 0 Å². The van der Waals surface area contributed by atoms with Gasteiger partial charge in [0, 0.05) is 6.54 Å². The molecule has 0 aromatic carbocycles. The summed E-state index contributed by atoms with van der Waals surface area (Å²) in [4.78, 5) is 10.9. The molecular formula is C9H19NO2. The SMILES string of the molecule is CCCCNC(=O)OCCCC. The maximum atomic E-state index is 10.9. The van der Waals surface area contributed by atoms with Crippen LogP contribution in [0, 0.1) is 0 Å². The number of alkyl carbamates (subject to hydrolysis) is 1. The monoisotopic (exact) mass is 173 g/mol. The lowest BCUT2D eigenvalue weighted by atomic mass is 10.3. The molecule has 0 aliphatic rings. The zero-order chi connectivity index (χ0) is 9.23. The largest absolute Gasteiger partial charge is 0.450 e. The van der Waals surface area contributed by atoms with Gasteiger partial charge in [-0.1, -0.05) is 26.7 Å². The van der Waals surface area contributed by atoms with Gasteiger partial charge in [0.1, 0.15) is 0 Å². The molecular weight excluding hydrogens is 154 g/mol. The van der Waals surface area contributed by atoms with Crippen molar-refractivity contribution in [2.45, 2.75) is 39.5 Å². The summed E-state index contributed by atoms with van der Waals surface area (Å²) in [6, 6.07) is 0. The maximum absolute atomic E-state index is 10.9. The maximum Gasteiger partial charge on any atom is 0.407 e. The van der Waals surface area contributed by atoms with Crippen molar-refractivity contribution in [3.05, 3.63) is 0 Å². The van der Waals surface area contributed by atoms with Crippen LogP contribution in [0.5, 0.6) is 0 Å². The van der Waals surface area contributed by atoms with Crippen molar-refractivity contribution in [3.8, 4) is 0 Å². The van der Waals surface area contributed by atoms with E-state index in [9.17, 15) is 4.79 Å². The molecule has 3 nitrogen and oxygen atoms in total. The van der Waals surface area contributed by atoms with Crippen LogP contribution < -0.4 is 5.32 Å². The van der Waals surface area contributed by atoms with Crippen LogP contribution in [0.25, 0.3) is 0 Å². The van der Waals surface area contributed by atoms with E-state index in [0.29, 0.717) is 6.61 Å². The molecule has 12 heavy (non-hydrogen) atoms. The van der Waals surface area contributed by atoms with E-state index in [4.69, 9.17) is 4.74 Å². The molecule has 0 rings (SSSR count). The molecule has 0 spiro atoms. The summed E-state index contributed by atoms with van der Waals surface area (Å²) >= 11 is 0. The summed E-state index contributed by atoms with van der Waals surface area (Å²) in [6.45, 7) is 5.42. The summed E-state index contributed by atoms with van der Waals surface area (Å²) in [5.74, 6) is 0. The topological polar surface area (TPSA) is 38.3 Å². The number of unbranched alkanes of at least 4 members (excludes halogenated alkanes) is 2. The minimum atomic E-state index is -0.281. The second kappa shape index (κ2) is 8.37. The quantitative estimate of drug-likeness (QED) is 0.626. The molecule has 0 aliphatic heterocycles. The first-order valence-electron chi connectivity index (χ1n) is 4.71. The van der Waals surface area contributed by atoms with Gasteiger partial charge in [-0.05, 0) is 12.8 Å². The van der Waals surface area contributed by atoms with Gasteiger partial charge < -0.3 is 10.1 Å². The average Bonchev–Trinajstić information content (AvgIpc) is 2.06. The molecule has 0 saturated carbocycles.